The Morgan fingerprint density at radius 2 is 1.74 bits per heavy atom. The van der Waals surface area contributed by atoms with Gasteiger partial charge in [0, 0.05) is 12.6 Å². The molecule has 0 spiro atoms. The van der Waals surface area contributed by atoms with Gasteiger partial charge in [-0.05, 0) is 33.6 Å². The molecule has 2 atom stereocenters. The largest absolute Gasteiger partial charge is 0.444 e. The monoisotopic (exact) mass is 280 g/mol. The van der Waals surface area contributed by atoms with Crippen LogP contribution >= 0.6 is 0 Å². The van der Waals surface area contributed by atoms with Gasteiger partial charge in [-0.1, -0.05) is 13.8 Å². The number of rotatable bonds is 6. The number of alkyl halides is 2. The molecule has 0 aromatic rings. The molecule has 0 bridgehead atoms. The highest BCUT2D eigenvalue weighted by molar-refractivity contribution is 5.67. The molecule has 0 saturated carbocycles. The number of nitrogens with one attached hydrogen (secondary N) is 2. The fourth-order valence-corrected chi connectivity index (χ4v) is 1.40. The number of halogens is 2. The van der Waals surface area contributed by atoms with Crippen LogP contribution in [0.1, 0.15) is 41.5 Å². The minimum Gasteiger partial charge on any atom is -0.444 e. The van der Waals surface area contributed by atoms with Gasteiger partial charge in [0.1, 0.15) is 5.60 Å². The highest BCUT2D eigenvalue weighted by atomic mass is 19.3. The molecule has 6 heteroatoms. The van der Waals surface area contributed by atoms with Crippen molar-refractivity contribution in [2.45, 2.75) is 65.7 Å². The van der Waals surface area contributed by atoms with Crippen molar-refractivity contribution in [1.29, 1.82) is 0 Å². The predicted octanol–water partition coefficient (Wildman–Crippen LogP) is 2.78. The summed E-state index contributed by atoms with van der Waals surface area (Å²) in [6.45, 7) is 10.8. The smallest absolute Gasteiger partial charge is 0.407 e. The van der Waals surface area contributed by atoms with Gasteiger partial charge in [-0.15, -0.1) is 0 Å². The van der Waals surface area contributed by atoms with Crippen LogP contribution in [0.25, 0.3) is 0 Å². The number of ether oxygens (including phenoxy) is 1. The van der Waals surface area contributed by atoms with Crippen LogP contribution in [0.4, 0.5) is 13.6 Å². The molecule has 2 unspecified atom stereocenters. The van der Waals surface area contributed by atoms with Gasteiger partial charge in [-0.3, -0.25) is 0 Å². The van der Waals surface area contributed by atoms with E-state index in [1.165, 1.54) is 6.92 Å². The summed E-state index contributed by atoms with van der Waals surface area (Å²) in [4.78, 5) is 11.5. The lowest BCUT2D eigenvalue weighted by Crippen LogP contribution is -2.50. The van der Waals surface area contributed by atoms with Gasteiger partial charge in [-0.25, -0.2) is 13.6 Å². The summed E-state index contributed by atoms with van der Waals surface area (Å²) < 4.78 is 30.1. The molecule has 0 rings (SSSR count). The second-order valence-corrected chi connectivity index (χ2v) is 6.02. The molecule has 0 heterocycles. The Bertz CT molecular complexity index is 278. The standard InChI is InChI=1S/C13H26F2N2O2/c1-8(2)10(17-9(3)11(14)15)7-16-12(18)19-13(4,5)6/h8-11,17H,7H2,1-6H3,(H,16,18). The van der Waals surface area contributed by atoms with Crippen LogP contribution in [-0.2, 0) is 4.74 Å². The summed E-state index contributed by atoms with van der Waals surface area (Å²) in [7, 11) is 0. The van der Waals surface area contributed by atoms with Crippen LogP contribution in [0.5, 0.6) is 0 Å². The van der Waals surface area contributed by atoms with Crippen molar-refractivity contribution in [3.05, 3.63) is 0 Å². The van der Waals surface area contributed by atoms with E-state index < -0.39 is 24.2 Å². The summed E-state index contributed by atoms with van der Waals surface area (Å²) in [6.07, 6.45) is -2.97. The van der Waals surface area contributed by atoms with E-state index in [1.54, 1.807) is 20.8 Å². The number of hydrogen-bond acceptors (Lipinski definition) is 3. The highest BCUT2D eigenvalue weighted by Gasteiger charge is 2.23. The van der Waals surface area contributed by atoms with Crippen LogP contribution in [0.2, 0.25) is 0 Å². The Morgan fingerprint density at radius 1 is 1.21 bits per heavy atom. The molecule has 0 aliphatic heterocycles. The van der Waals surface area contributed by atoms with E-state index in [0.717, 1.165) is 0 Å². The zero-order valence-corrected chi connectivity index (χ0v) is 12.6. The van der Waals surface area contributed by atoms with E-state index in [2.05, 4.69) is 10.6 Å². The van der Waals surface area contributed by atoms with Crippen molar-refractivity contribution in [2.75, 3.05) is 6.54 Å². The Morgan fingerprint density at radius 3 is 2.11 bits per heavy atom. The molecular formula is C13H26F2N2O2. The predicted molar refractivity (Wildman–Crippen MR) is 71.5 cm³/mol. The van der Waals surface area contributed by atoms with Crippen LogP contribution in [0.3, 0.4) is 0 Å². The molecule has 19 heavy (non-hydrogen) atoms. The Hall–Kier alpha value is -0.910. The van der Waals surface area contributed by atoms with Crippen LogP contribution < -0.4 is 10.6 Å². The third-order valence-electron chi connectivity index (χ3n) is 2.52. The quantitative estimate of drug-likeness (QED) is 0.786. The first kappa shape index (κ1) is 18.1. The summed E-state index contributed by atoms with van der Waals surface area (Å²) in [5.41, 5.74) is -0.568. The fourth-order valence-electron chi connectivity index (χ4n) is 1.40. The number of hydrogen-bond donors (Lipinski definition) is 2. The Labute approximate surface area is 114 Å². The van der Waals surface area contributed by atoms with E-state index in [0.29, 0.717) is 0 Å². The van der Waals surface area contributed by atoms with E-state index in [9.17, 15) is 13.6 Å². The van der Waals surface area contributed by atoms with Gasteiger partial charge in [0.05, 0.1) is 6.04 Å². The van der Waals surface area contributed by atoms with Crippen molar-refractivity contribution in [1.82, 2.24) is 10.6 Å². The third-order valence-corrected chi connectivity index (χ3v) is 2.52. The van der Waals surface area contributed by atoms with Gasteiger partial charge in [0.2, 0.25) is 0 Å². The normalized spacial score (nSPS) is 15.5. The van der Waals surface area contributed by atoms with Crippen molar-refractivity contribution in [2.24, 2.45) is 5.92 Å². The molecule has 0 aliphatic carbocycles. The fraction of sp³-hybridized carbons (Fsp3) is 0.923. The molecule has 114 valence electrons. The van der Waals surface area contributed by atoms with Crippen LogP contribution in [0, 0.1) is 5.92 Å². The Balaban J connectivity index is 4.26. The van der Waals surface area contributed by atoms with Gasteiger partial charge in [-0.2, -0.15) is 0 Å². The maximum Gasteiger partial charge on any atom is 0.407 e. The van der Waals surface area contributed by atoms with Gasteiger partial charge in [0.25, 0.3) is 6.43 Å². The summed E-state index contributed by atoms with van der Waals surface area (Å²) in [5.74, 6) is 0.121. The zero-order valence-electron chi connectivity index (χ0n) is 12.6. The summed E-state index contributed by atoms with van der Waals surface area (Å²) >= 11 is 0. The van der Waals surface area contributed by atoms with Crippen molar-refractivity contribution in [3.63, 3.8) is 0 Å². The lowest BCUT2D eigenvalue weighted by Gasteiger charge is -2.27. The second-order valence-electron chi connectivity index (χ2n) is 6.02. The molecule has 0 saturated heterocycles. The van der Waals surface area contributed by atoms with E-state index in [1.807, 2.05) is 13.8 Å². The van der Waals surface area contributed by atoms with E-state index >= 15 is 0 Å². The average Bonchev–Trinajstić information content (AvgIpc) is 2.20. The summed E-state index contributed by atoms with van der Waals surface area (Å²) in [6, 6.07) is -1.13. The molecule has 0 radical (unpaired) electrons. The third kappa shape index (κ3) is 8.75. The molecule has 2 N–H and O–H groups in total. The van der Waals surface area contributed by atoms with Gasteiger partial charge in [0.15, 0.2) is 0 Å². The maximum absolute atomic E-state index is 12.5. The minimum atomic E-state index is -2.43. The molecule has 0 aliphatic rings. The van der Waals surface area contributed by atoms with E-state index in [-0.39, 0.29) is 18.5 Å². The Kier molecular flexibility index (Phi) is 7.26. The first-order valence-corrected chi connectivity index (χ1v) is 6.54. The van der Waals surface area contributed by atoms with Crippen LogP contribution in [0.15, 0.2) is 0 Å². The molecule has 1 amide bonds. The first-order chi connectivity index (χ1) is 8.53. The topological polar surface area (TPSA) is 50.4 Å². The van der Waals surface area contributed by atoms with Gasteiger partial charge >= 0.3 is 6.09 Å². The summed E-state index contributed by atoms with van der Waals surface area (Å²) in [5, 5.41) is 5.41. The molecule has 0 aromatic carbocycles. The lowest BCUT2D eigenvalue weighted by molar-refractivity contribution is 0.0512. The number of carbonyl (C=O) groups is 1. The lowest BCUT2D eigenvalue weighted by atomic mass is 10.0. The van der Waals surface area contributed by atoms with Gasteiger partial charge < -0.3 is 15.4 Å². The van der Waals surface area contributed by atoms with E-state index in [4.69, 9.17) is 4.74 Å². The molecule has 4 nitrogen and oxygen atoms in total. The maximum atomic E-state index is 12.5. The highest BCUT2D eigenvalue weighted by Crippen LogP contribution is 2.08. The SMILES string of the molecule is CC(C)C(CNC(=O)OC(C)(C)C)NC(C)C(F)F. The second kappa shape index (κ2) is 7.62. The number of carbonyl (C=O) groups excluding carboxylic acids is 1. The molecule has 0 aromatic heterocycles. The van der Waals surface area contributed by atoms with Crippen molar-refractivity contribution in [3.8, 4) is 0 Å². The minimum absolute atomic E-state index is 0.121. The average molecular weight is 280 g/mol. The van der Waals surface area contributed by atoms with Crippen molar-refractivity contribution < 1.29 is 18.3 Å². The number of amides is 1. The molecular weight excluding hydrogens is 254 g/mol. The zero-order chi connectivity index (χ0) is 15.2. The van der Waals surface area contributed by atoms with Crippen LogP contribution in [-0.4, -0.2) is 36.7 Å². The first-order valence-electron chi connectivity index (χ1n) is 6.54. The molecule has 0 fully saturated rings. The number of alkyl carbamates (subject to hydrolysis) is 1. The van der Waals surface area contributed by atoms with Crippen molar-refractivity contribution >= 4 is 6.09 Å².